The van der Waals surface area contributed by atoms with E-state index in [1.54, 1.807) is 6.92 Å². The number of hydrogen-bond acceptors (Lipinski definition) is 3. The highest BCUT2D eigenvalue weighted by molar-refractivity contribution is 5.15. The zero-order valence-electron chi connectivity index (χ0n) is 15.7. The van der Waals surface area contributed by atoms with Gasteiger partial charge in [-0.3, -0.25) is 0 Å². The van der Waals surface area contributed by atoms with E-state index in [9.17, 15) is 15.3 Å². The quantitative estimate of drug-likeness (QED) is 0.687. The number of hydrogen-bond donors (Lipinski definition) is 3. The first-order valence-corrected chi connectivity index (χ1v) is 10.3. The number of fused-ring (bicyclic) bond motifs is 5. The second kappa shape index (κ2) is 5.44. The van der Waals surface area contributed by atoms with E-state index in [-0.39, 0.29) is 11.5 Å². The van der Waals surface area contributed by atoms with Crippen molar-refractivity contribution in [2.75, 3.05) is 0 Å². The maximum atomic E-state index is 11.3. The van der Waals surface area contributed by atoms with Crippen LogP contribution in [0.25, 0.3) is 0 Å². The summed E-state index contributed by atoms with van der Waals surface area (Å²) in [5, 5.41) is 31.7. The standard InChI is InChI=1S/C21H36O3/c1-13(22)21(24)11-8-18-16-5-4-14-12-15(23)6-9-19(14,2)17(16)7-10-20(18,21)3/h13-18,22-24H,4-12H2,1-3H3/t13-,14+,15+,16+,17-,18+,19-,20-,21+/m0/s1. The lowest BCUT2D eigenvalue weighted by Gasteiger charge is -2.61. The third-order valence-corrected chi connectivity index (χ3v) is 9.54. The average Bonchev–Trinajstić information content (AvgIpc) is 2.81. The molecule has 3 heteroatoms. The zero-order valence-corrected chi connectivity index (χ0v) is 15.7. The van der Waals surface area contributed by atoms with E-state index < -0.39 is 11.7 Å². The van der Waals surface area contributed by atoms with Crippen LogP contribution in [0.5, 0.6) is 0 Å². The number of rotatable bonds is 1. The van der Waals surface area contributed by atoms with Gasteiger partial charge in [-0.05, 0) is 93.8 Å². The van der Waals surface area contributed by atoms with Gasteiger partial charge >= 0.3 is 0 Å². The zero-order chi connectivity index (χ0) is 17.3. The minimum absolute atomic E-state index is 0.0831. The van der Waals surface area contributed by atoms with Gasteiger partial charge in [0.2, 0.25) is 0 Å². The second-order valence-corrected chi connectivity index (χ2v) is 10.2. The van der Waals surface area contributed by atoms with Gasteiger partial charge < -0.3 is 15.3 Å². The Morgan fingerprint density at radius 1 is 0.917 bits per heavy atom. The van der Waals surface area contributed by atoms with E-state index in [0.29, 0.717) is 23.2 Å². The Labute approximate surface area is 146 Å². The fraction of sp³-hybridized carbons (Fsp3) is 1.00. The minimum Gasteiger partial charge on any atom is -0.393 e. The molecule has 138 valence electrons. The van der Waals surface area contributed by atoms with Gasteiger partial charge in [0, 0.05) is 5.41 Å². The first-order chi connectivity index (χ1) is 11.2. The Balaban J connectivity index is 1.63. The third kappa shape index (κ3) is 2.07. The molecular weight excluding hydrogens is 300 g/mol. The molecule has 4 fully saturated rings. The molecule has 0 aromatic heterocycles. The van der Waals surface area contributed by atoms with Crippen molar-refractivity contribution in [3.05, 3.63) is 0 Å². The molecule has 0 amide bonds. The predicted octanol–water partition coefficient (Wildman–Crippen LogP) is 3.50. The van der Waals surface area contributed by atoms with Gasteiger partial charge in [0.1, 0.15) is 0 Å². The van der Waals surface area contributed by atoms with Crippen molar-refractivity contribution in [2.24, 2.45) is 34.5 Å². The predicted molar refractivity (Wildman–Crippen MR) is 94.4 cm³/mol. The summed E-state index contributed by atoms with van der Waals surface area (Å²) in [6.07, 6.45) is 8.99. The van der Waals surface area contributed by atoms with Gasteiger partial charge in [-0.25, -0.2) is 0 Å². The van der Waals surface area contributed by atoms with Crippen molar-refractivity contribution in [2.45, 2.75) is 96.4 Å². The van der Waals surface area contributed by atoms with Gasteiger partial charge in [0.05, 0.1) is 17.8 Å². The van der Waals surface area contributed by atoms with Crippen molar-refractivity contribution < 1.29 is 15.3 Å². The Morgan fingerprint density at radius 3 is 2.33 bits per heavy atom. The summed E-state index contributed by atoms with van der Waals surface area (Å²) < 4.78 is 0. The van der Waals surface area contributed by atoms with Crippen LogP contribution < -0.4 is 0 Å². The van der Waals surface area contributed by atoms with Gasteiger partial charge in [-0.1, -0.05) is 13.8 Å². The molecule has 0 saturated heterocycles. The van der Waals surface area contributed by atoms with Crippen LogP contribution >= 0.6 is 0 Å². The lowest BCUT2D eigenvalue weighted by atomic mass is 9.44. The summed E-state index contributed by atoms with van der Waals surface area (Å²) in [5.74, 6) is 2.69. The monoisotopic (exact) mass is 336 g/mol. The van der Waals surface area contributed by atoms with Crippen molar-refractivity contribution in [3.8, 4) is 0 Å². The third-order valence-electron chi connectivity index (χ3n) is 9.54. The maximum Gasteiger partial charge on any atom is 0.0958 e. The average molecular weight is 337 g/mol. The summed E-state index contributed by atoms with van der Waals surface area (Å²) in [7, 11) is 0. The van der Waals surface area contributed by atoms with Crippen LogP contribution in [-0.4, -0.2) is 33.1 Å². The van der Waals surface area contributed by atoms with Crippen LogP contribution in [0.2, 0.25) is 0 Å². The highest BCUT2D eigenvalue weighted by Crippen LogP contribution is 2.68. The second-order valence-electron chi connectivity index (χ2n) is 10.2. The summed E-state index contributed by atoms with van der Waals surface area (Å²) in [4.78, 5) is 0. The molecule has 0 aromatic carbocycles. The maximum absolute atomic E-state index is 11.3. The van der Waals surface area contributed by atoms with E-state index in [1.807, 2.05) is 0 Å². The molecule has 4 saturated carbocycles. The van der Waals surface area contributed by atoms with E-state index in [1.165, 1.54) is 25.7 Å². The van der Waals surface area contributed by atoms with Crippen molar-refractivity contribution in [3.63, 3.8) is 0 Å². The lowest BCUT2D eigenvalue weighted by molar-refractivity contribution is -0.186. The Bertz CT molecular complexity index is 505. The van der Waals surface area contributed by atoms with Crippen LogP contribution in [0, 0.1) is 34.5 Å². The largest absolute Gasteiger partial charge is 0.393 e. The summed E-state index contributed by atoms with van der Waals surface area (Å²) in [5.41, 5.74) is -0.641. The molecule has 4 rings (SSSR count). The fourth-order valence-corrected chi connectivity index (χ4v) is 7.97. The molecule has 0 spiro atoms. The summed E-state index contributed by atoms with van der Waals surface area (Å²) in [6, 6.07) is 0. The van der Waals surface area contributed by atoms with Crippen LogP contribution in [0.15, 0.2) is 0 Å². The van der Waals surface area contributed by atoms with Gasteiger partial charge in [0.25, 0.3) is 0 Å². The molecule has 9 atom stereocenters. The molecule has 0 bridgehead atoms. The Hall–Kier alpha value is -0.120. The smallest absolute Gasteiger partial charge is 0.0958 e. The van der Waals surface area contributed by atoms with Gasteiger partial charge in [-0.15, -0.1) is 0 Å². The Morgan fingerprint density at radius 2 is 1.62 bits per heavy atom. The van der Waals surface area contributed by atoms with Crippen molar-refractivity contribution in [1.29, 1.82) is 0 Å². The molecule has 24 heavy (non-hydrogen) atoms. The van der Waals surface area contributed by atoms with Crippen LogP contribution in [-0.2, 0) is 0 Å². The molecule has 4 aliphatic carbocycles. The van der Waals surface area contributed by atoms with Crippen molar-refractivity contribution >= 4 is 0 Å². The molecule has 3 N–H and O–H groups in total. The molecule has 0 unspecified atom stereocenters. The highest BCUT2D eigenvalue weighted by Gasteiger charge is 2.65. The van der Waals surface area contributed by atoms with E-state index >= 15 is 0 Å². The SMILES string of the molecule is C[C@H](O)[C@]1(O)CC[C@@H]2[C@@H]3CC[C@@H]4C[C@H](O)CC[C@]4(C)[C@H]3CC[C@@]21C. The summed E-state index contributed by atoms with van der Waals surface area (Å²) in [6.45, 7) is 6.53. The van der Waals surface area contributed by atoms with E-state index in [0.717, 1.165) is 38.0 Å². The molecule has 3 nitrogen and oxygen atoms in total. The molecular formula is C21H36O3. The first-order valence-electron chi connectivity index (χ1n) is 10.3. The lowest BCUT2D eigenvalue weighted by Crippen LogP contribution is -2.59. The molecule has 0 aliphatic heterocycles. The molecule has 0 heterocycles. The topological polar surface area (TPSA) is 60.7 Å². The van der Waals surface area contributed by atoms with Gasteiger partial charge in [0.15, 0.2) is 0 Å². The molecule has 0 radical (unpaired) electrons. The van der Waals surface area contributed by atoms with Crippen molar-refractivity contribution in [1.82, 2.24) is 0 Å². The van der Waals surface area contributed by atoms with Crippen LogP contribution in [0.3, 0.4) is 0 Å². The Kier molecular flexibility index (Phi) is 3.92. The number of aliphatic hydroxyl groups is 3. The molecule has 4 aliphatic rings. The highest BCUT2D eigenvalue weighted by atomic mass is 16.3. The fourth-order valence-electron chi connectivity index (χ4n) is 7.97. The normalized spacial score (nSPS) is 58.5. The molecule has 0 aromatic rings. The first kappa shape index (κ1) is 17.3. The van der Waals surface area contributed by atoms with E-state index in [4.69, 9.17) is 0 Å². The minimum atomic E-state index is -0.900. The van der Waals surface area contributed by atoms with Crippen LogP contribution in [0.1, 0.15) is 78.6 Å². The van der Waals surface area contributed by atoms with Crippen LogP contribution in [0.4, 0.5) is 0 Å². The van der Waals surface area contributed by atoms with Gasteiger partial charge in [-0.2, -0.15) is 0 Å². The summed E-state index contributed by atoms with van der Waals surface area (Å²) >= 11 is 0. The number of aliphatic hydroxyl groups excluding tert-OH is 2. The van der Waals surface area contributed by atoms with E-state index in [2.05, 4.69) is 13.8 Å².